The Morgan fingerprint density at radius 1 is 1.35 bits per heavy atom. The van der Waals surface area contributed by atoms with Crippen LogP contribution in [0.1, 0.15) is 24.0 Å². The lowest BCUT2D eigenvalue weighted by Gasteiger charge is -2.27. The molecule has 0 aliphatic carbocycles. The van der Waals surface area contributed by atoms with Gasteiger partial charge in [-0.05, 0) is 57.3 Å². The van der Waals surface area contributed by atoms with Crippen molar-refractivity contribution < 1.29 is 8.42 Å². The first kappa shape index (κ1) is 15.3. The van der Waals surface area contributed by atoms with Gasteiger partial charge in [0.25, 0.3) is 0 Å². The first-order chi connectivity index (χ1) is 9.40. The first-order valence-electron chi connectivity index (χ1n) is 7.15. The van der Waals surface area contributed by atoms with E-state index in [1.165, 1.54) is 4.31 Å². The molecule has 20 heavy (non-hydrogen) atoms. The Balaban J connectivity index is 2.15. The summed E-state index contributed by atoms with van der Waals surface area (Å²) in [6.45, 7) is 5.78. The molecule has 1 N–H and O–H groups in total. The number of nitrogens with one attached hydrogen (secondary N) is 1. The first-order valence-corrected chi connectivity index (χ1v) is 8.75. The third-order valence-corrected chi connectivity index (χ3v) is 5.88. The standard InChI is InChI=1S/C15H24N2O2S/c1-12-6-7-15(13(2)9-12)17(3)20(18,19)11-14-5-4-8-16-10-14/h6-7,9,14,16H,4-5,8,10-11H2,1-3H3. The number of hydrogen-bond donors (Lipinski definition) is 1. The number of anilines is 1. The average molecular weight is 296 g/mol. The lowest BCUT2D eigenvalue weighted by Crippen LogP contribution is -2.38. The normalized spacial score (nSPS) is 19.9. The third-order valence-electron chi connectivity index (χ3n) is 3.95. The van der Waals surface area contributed by atoms with E-state index in [4.69, 9.17) is 0 Å². The van der Waals surface area contributed by atoms with Gasteiger partial charge in [0.15, 0.2) is 0 Å². The molecule has 1 aliphatic rings. The van der Waals surface area contributed by atoms with E-state index in [2.05, 4.69) is 5.32 Å². The summed E-state index contributed by atoms with van der Waals surface area (Å²) in [5.41, 5.74) is 2.92. The average Bonchev–Trinajstić information content (AvgIpc) is 2.38. The van der Waals surface area contributed by atoms with Crippen LogP contribution in [-0.2, 0) is 10.0 Å². The van der Waals surface area contributed by atoms with Crippen LogP contribution in [0.25, 0.3) is 0 Å². The molecule has 0 radical (unpaired) electrons. The number of nitrogens with zero attached hydrogens (tertiary/aromatic N) is 1. The molecule has 1 aromatic carbocycles. The van der Waals surface area contributed by atoms with E-state index in [9.17, 15) is 8.42 Å². The molecule has 0 spiro atoms. The van der Waals surface area contributed by atoms with Gasteiger partial charge in [0, 0.05) is 7.05 Å². The van der Waals surface area contributed by atoms with Crippen molar-refractivity contribution in [2.45, 2.75) is 26.7 Å². The fourth-order valence-corrected chi connectivity index (χ4v) is 4.39. The van der Waals surface area contributed by atoms with Crippen LogP contribution in [0, 0.1) is 19.8 Å². The van der Waals surface area contributed by atoms with Crippen molar-refractivity contribution in [3.8, 4) is 0 Å². The highest BCUT2D eigenvalue weighted by molar-refractivity contribution is 7.92. The van der Waals surface area contributed by atoms with Gasteiger partial charge in [-0.15, -0.1) is 0 Å². The maximum atomic E-state index is 12.5. The predicted molar refractivity (Wildman–Crippen MR) is 83.7 cm³/mol. The quantitative estimate of drug-likeness (QED) is 0.925. The van der Waals surface area contributed by atoms with E-state index >= 15 is 0 Å². The van der Waals surface area contributed by atoms with E-state index in [1.807, 2.05) is 32.0 Å². The van der Waals surface area contributed by atoms with Gasteiger partial charge in [-0.1, -0.05) is 17.7 Å². The van der Waals surface area contributed by atoms with Crippen LogP contribution < -0.4 is 9.62 Å². The summed E-state index contributed by atoms with van der Waals surface area (Å²) in [6, 6.07) is 5.86. The Hall–Kier alpha value is -1.07. The molecule has 2 rings (SSSR count). The van der Waals surface area contributed by atoms with Crippen LogP contribution in [-0.4, -0.2) is 34.3 Å². The van der Waals surface area contributed by atoms with Gasteiger partial charge < -0.3 is 5.32 Å². The highest BCUT2D eigenvalue weighted by atomic mass is 32.2. The minimum Gasteiger partial charge on any atom is -0.316 e. The Morgan fingerprint density at radius 2 is 2.10 bits per heavy atom. The summed E-state index contributed by atoms with van der Waals surface area (Å²) in [4.78, 5) is 0. The second-order valence-corrected chi connectivity index (χ2v) is 7.79. The lowest BCUT2D eigenvalue weighted by molar-refractivity contribution is 0.404. The zero-order chi connectivity index (χ0) is 14.8. The molecule has 4 nitrogen and oxygen atoms in total. The van der Waals surface area contributed by atoms with Crippen molar-refractivity contribution >= 4 is 15.7 Å². The van der Waals surface area contributed by atoms with Gasteiger partial charge in [0.05, 0.1) is 11.4 Å². The lowest BCUT2D eigenvalue weighted by atomic mass is 10.0. The summed E-state index contributed by atoms with van der Waals surface area (Å²) >= 11 is 0. The Bertz CT molecular complexity index is 563. The Kier molecular flexibility index (Phi) is 4.70. The van der Waals surface area contributed by atoms with E-state index in [0.717, 1.165) is 42.7 Å². The molecular weight excluding hydrogens is 272 g/mol. The van der Waals surface area contributed by atoms with Gasteiger partial charge in [0.2, 0.25) is 10.0 Å². The molecule has 0 amide bonds. The highest BCUT2D eigenvalue weighted by Crippen LogP contribution is 2.24. The summed E-state index contributed by atoms with van der Waals surface area (Å²) < 4.78 is 26.5. The molecule has 1 aromatic rings. The molecule has 1 aliphatic heterocycles. The maximum Gasteiger partial charge on any atom is 0.235 e. The van der Waals surface area contributed by atoms with Crippen molar-refractivity contribution in [2.24, 2.45) is 5.92 Å². The van der Waals surface area contributed by atoms with Crippen molar-refractivity contribution in [3.63, 3.8) is 0 Å². The molecule has 112 valence electrons. The van der Waals surface area contributed by atoms with Crippen molar-refractivity contribution in [3.05, 3.63) is 29.3 Å². The van der Waals surface area contributed by atoms with Gasteiger partial charge in [0.1, 0.15) is 0 Å². The molecule has 5 heteroatoms. The minimum absolute atomic E-state index is 0.224. The summed E-state index contributed by atoms with van der Waals surface area (Å²) in [5, 5.41) is 3.27. The number of piperidine rings is 1. The van der Waals surface area contributed by atoms with E-state index in [-0.39, 0.29) is 11.7 Å². The van der Waals surface area contributed by atoms with Crippen LogP contribution in [0.3, 0.4) is 0 Å². The van der Waals surface area contributed by atoms with Crippen molar-refractivity contribution in [1.29, 1.82) is 0 Å². The number of rotatable bonds is 4. The summed E-state index contributed by atoms with van der Waals surface area (Å²) in [7, 11) is -1.60. The van der Waals surface area contributed by atoms with Crippen LogP contribution in [0.15, 0.2) is 18.2 Å². The van der Waals surface area contributed by atoms with Gasteiger partial charge in [-0.2, -0.15) is 0 Å². The largest absolute Gasteiger partial charge is 0.316 e. The Labute approximate surface area is 122 Å². The van der Waals surface area contributed by atoms with E-state index in [1.54, 1.807) is 7.05 Å². The van der Waals surface area contributed by atoms with Crippen LogP contribution in [0.5, 0.6) is 0 Å². The molecule has 1 fully saturated rings. The zero-order valence-electron chi connectivity index (χ0n) is 12.5. The fourth-order valence-electron chi connectivity index (χ4n) is 2.78. The number of benzene rings is 1. The van der Waals surface area contributed by atoms with Crippen molar-refractivity contribution in [1.82, 2.24) is 5.32 Å². The molecule has 1 saturated heterocycles. The molecule has 0 bridgehead atoms. The maximum absolute atomic E-state index is 12.5. The second-order valence-electron chi connectivity index (χ2n) is 5.75. The predicted octanol–water partition coefficient (Wildman–Crippen LogP) is 2.07. The van der Waals surface area contributed by atoms with Gasteiger partial charge >= 0.3 is 0 Å². The molecular formula is C15H24N2O2S. The number of hydrogen-bond acceptors (Lipinski definition) is 3. The van der Waals surface area contributed by atoms with E-state index < -0.39 is 10.0 Å². The topological polar surface area (TPSA) is 49.4 Å². The smallest absolute Gasteiger partial charge is 0.235 e. The second kappa shape index (κ2) is 6.14. The molecule has 1 heterocycles. The molecule has 1 unspecified atom stereocenters. The zero-order valence-corrected chi connectivity index (χ0v) is 13.3. The molecule has 0 aromatic heterocycles. The molecule has 1 atom stereocenters. The van der Waals surface area contributed by atoms with Crippen LogP contribution >= 0.6 is 0 Å². The van der Waals surface area contributed by atoms with Crippen molar-refractivity contribution in [2.75, 3.05) is 30.2 Å². The van der Waals surface area contributed by atoms with Crippen LogP contribution in [0.4, 0.5) is 5.69 Å². The highest BCUT2D eigenvalue weighted by Gasteiger charge is 2.25. The Morgan fingerprint density at radius 3 is 2.70 bits per heavy atom. The van der Waals surface area contributed by atoms with Crippen LogP contribution in [0.2, 0.25) is 0 Å². The number of sulfonamides is 1. The van der Waals surface area contributed by atoms with E-state index in [0.29, 0.717) is 0 Å². The fraction of sp³-hybridized carbons (Fsp3) is 0.600. The SMILES string of the molecule is Cc1ccc(N(C)S(=O)(=O)CC2CCCNC2)c(C)c1. The summed E-state index contributed by atoms with van der Waals surface area (Å²) in [5.74, 6) is 0.450. The molecule has 0 saturated carbocycles. The van der Waals surface area contributed by atoms with Gasteiger partial charge in [-0.3, -0.25) is 4.31 Å². The summed E-state index contributed by atoms with van der Waals surface area (Å²) in [6.07, 6.45) is 2.06. The third kappa shape index (κ3) is 3.52. The van der Waals surface area contributed by atoms with Gasteiger partial charge in [-0.25, -0.2) is 8.42 Å². The number of aryl methyl sites for hydroxylation is 2. The monoisotopic (exact) mass is 296 g/mol. The minimum atomic E-state index is -3.25.